The van der Waals surface area contributed by atoms with Gasteiger partial charge in [-0.05, 0) is 98.6 Å². The number of aryl methyl sites for hydroxylation is 1. The maximum atomic E-state index is 12.6. The van der Waals surface area contributed by atoms with E-state index in [1.54, 1.807) is 4.31 Å². The largest absolute Gasteiger partial charge is 0.309 e. The molecule has 0 radical (unpaired) electrons. The van der Waals surface area contributed by atoms with Gasteiger partial charge in [0.1, 0.15) is 0 Å². The molecule has 5 aromatic rings. The highest BCUT2D eigenvalue weighted by Gasteiger charge is 2.30. The lowest BCUT2D eigenvalue weighted by Gasteiger charge is -2.31. The fourth-order valence-corrected chi connectivity index (χ4v) is 8.32. The van der Waals surface area contributed by atoms with Crippen molar-refractivity contribution in [2.75, 3.05) is 32.4 Å². The number of hydrogen-bond donors (Lipinski definition) is 1. The Balaban J connectivity index is 1.03. The van der Waals surface area contributed by atoms with Crippen molar-refractivity contribution in [1.82, 2.24) is 29.3 Å². The van der Waals surface area contributed by atoms with Gasteiger partial charge < -0.3 is 10.2 Å². The minimum atomic E-state index is -3.36. The summed E-state index contributed by atoms with van der Waals surface area (Å²) in [6.45, 7) is 6.14. The fourth-order valence-electron chi connectivity index (χ4n) is 7.25. The number of likely N-dealkylation sites (tertiary alicyclic amines) is 1. The molecule has 1 N–H and O–H groups in total. The molecule has 1 saturated heterocycles. The second-order valence-electron chi connectivity index (χ2n) is 13.9. The van der Waals surface area contributed by atoms with Crippen LogP contribution in [0.1, 0.15) is 64.4 Å². The highest BCUT2D eigenvalue weighted by Crippen LogP contribution is 2.33. The lowest BCUT2D eigenvalue weighted by Crippen LogP contribution is -2.36. The molecule has 0 atom stereocenters. The lowest BCUT2D eigenvalue weighted by molar-refractivity contribution is 0.204. The van der Waals surface area contributed by atoms with Gasteiger partial charge in [0.2, 0.25) is 10.0 Å². The Kier molecular flexibility index (Phi) is 12.0. The average Bonchev–Trinajstić information content (AvgIpc) is 3.54. The van der Waals surface area contributed by atoms with Gasteiger partial charge in [0.05, 0.1) is 17.0 Å². The molecule has 0 unspecified atom stereocenters. The molecule has 2 aliphatic heterocycles. The molecule has 1 fully saturated rings. The van der Waals surface area contributed by atoms with E-state index in [0.717, 1.165) is 91.6 Å². The number of pyridine rings is 1. The monoisotopic (exact) mass is 766 g/mol. The highest BCUT2D eigenvalue weighted by atomic mass is 35.5. The van der Waals surface area contributed by atoms with E-state index in [-0.39, 0.29) is 0 Å². The van der Waals surface area contributed by atoms with Gasteiger partial charge in [-0.1, -0.05) is 71.4 Å². The summed E-state index contributed by atoms with van der Waals surface area (Å²) in [5, 5.41) is 9.88. The Bertz CT molecular complexity index is 2190. The zero-order valence-electron chi connectivity index (χ0n) is 29.9. The summed E-state index contributed by atoms with van der Waals surface area (Å²) in [4.78, 5) is 7.12. The van der Waals surface area contributed by atoms with Crippen molar-refractivity contribution in [2.45, 2.75) is 57.8 Å². The van der Waals surface area contributed by atoms with E-state index in [1.165, 1.54) is 23.1 Å². The van der Waals surface area contributed by atoms with E-state index in [2.05, 4.69) is 56.0 Å². The standard InChI is InChI=1S/C42H44Cl2N6O2S/c1-53(51,52)49-26-20-41-38(30-49)42(47-50(41)23-4-22-48-24-18-34(19-25-48)40-5-2-3-21-46-40)36-14-17-39(44)35(27-36)13-10-31-6-8-32(9-7-31)28-45-29-33-11-15-37(43)16-12-33/h2-3,5-9,11-12,14-17,21,27,34,45H,4,18-20,22-26,28-30H2,1H3. The van der Waals surface area contributed by atoms with Crippen LogP contribution in [-0.4, -0.2) is 64.8 Å². The Morgan fingerprint density at radius 3 is 2.30 bits per heavy atom. The number of halogens is 2. The first-order chi connectivity index (χ1) is 25.7. The minimum absolute atomic E-state index is 0.301. The zero-order chi connectivity index (χ0) is 36.8. The molecular weight excluding hydrogens is 723 g/mol. The van der Waals surface area contributed by atoms with E-state index < -0.39 is 10.0 Å². The number of hydrogen-bond acceptors (Lipinski definition) is 6. The van der Waals surface area contributed by atoms with Crippen LogP contribution in [0.25, 0.3) is 11.3 Å². The maximum absolute atomic E-state index is 12.6. The van der Waals surface area contributed by atoms with Gasteiger partial charge in [-0.3, -0.25) is 9.67 Å². The Labute approximate surface area is 323 Å². The Morgan fingerprint density at radius 1 is 0.868 bits per heavy atom. The van der Waals surface area contributed by atoms with Crippen molar-refractivity contribution < 1.29 is 8.42 Å². The third-order valence-corrected chi connectivity index (χ3v) is 12.0. The molecule has 11 heteroatoms. The third-order valence-electron chi connectivity index (χ3n) is 10.2. The molecule has 8 nitrogen and oxygen atoms in total. The van der Waals surface area contributed by atoms with Crippen LogP contribution in [0.15, 0.2) is 91.1 Å². The summed E-state index contributed by atoms with van der Waals surface area (Å²) < 4.78 is 28.9. The number of sulfonamides is 1. The number of benzene rings is 3. The zero-order valence-corrected chi connectivity index (χ0v) is 32.3. The van der Waals surface area contributed by atoms with Crippen LogP contribution in [0.4, 0.5) is 0 Å². The molecule has 274 valence electrons. The van der Waals surface area contributed by atoms with E-state index in [1.807, 2.05) is 66.9 Å². The molecule has 7 rings (SSSR count). The van der Waals surface area contributed by atoms with Crippen molar-refractivity contribution >= 4 is 33.2 Å². The Hall–Kier alpha value is -4.01. The lowest BCUT2D eigenvalue weighted by atomic mass is 9.93. The first kappa shape index (κ1) is 37.3. The molecule has 0 bridgehead atoms. The second kappa shape index (κ2) is 17.0. The maximum Gasteiger partial charge on any atom is 0.211 e. The van der Waals surface area contributed by atoms with Crippen LogP contribution in [0.3, 0.4) is 0 Å². The first-order valence-corrected chi connectivity index (χ1v) is 20.8. The number of nitrogens with zero attached hydrogens (tertiary/aromatic N) is 5. The van der Waals surface area contributed by atoms with E-state index in [9.17, 15) is 8.42 Å². The van der Waals surface area contributed by atoms with Crippen LogP contribution in [0, 0.1) is 11.8 Å². The van der Waals surface area contributed by atoms with Crippen molar-refractivity contribution in [3.63, 3.8) is 0 Å². The summed E-state index contributed by atoms with van der Waals surface area (Å²) >= 11 is 12.7. The van der Waals surface area contributed by atoms with Crippen LogP contribution in [-0.2, 0) is 42.6 Å². The third kappa shape index (κ3) is 9.57. The van der Waals surface area contributed by atoms with Crippen molar-refractivity contribution in [3.05, 3.63) is 140 Å². The first-order valence-electron chi connectivity index (χ1n) is 18.2. The van der Waals surface area contributed by atoms with Crippen LogP contribution in [0.2, 0.25) is 10.0 Å². The van der Waals surface area contributed by atoms with E-state index in [4.69, 9.17) is 28.3 Å². The number of nitrogens with one attached hydrogen (secondary N) is 1. The molecule has 2 aliphatic rings. The number of rotatable bonds is 11. The van der Waals surface area contributed by atoms with Crippen LogP contribution < -0.4 is 5.32 Å². The molecule has 0 amide bonds. The van der Waals surface area contributed by atoms with Crippen molar-refractivity contribution in [2.24, 2.45) is 0 Å². The van der Waals surface area contributed by atoms with E-state index in [0.29, 0.717) is 36.0 Å². The summed E-state index contributed by atoms with van der Waals surface area (Å²) in [6, 6.07) is 28.0. The van der Waals surface area contributed by atoms with Gasteiger partial charge in [0.15, 0.2) is 0 Å². The Morgan fingerprint density at radius 2 is 1.60 bits per heavy atom. The van der Waals surface area contributed by atoms with Crippen LogP contribution in [0.5, 0.6) is 0 Å². The SMILES string of the molecule is CS(=O)(=O)N1CCc2c(c(-c3ccc(Cl)c(C#Cc4ccc(CNCc5ccc(Cl)cc5)cc4)c3)nn2CCCN2CCC(c3ccccn3)CC2)C1. The second-order valence-corrected chi connectivity index (χ2v) is 16.8. The molecule has 0 spiro atoms. The van der Waals surface area contributed by atoms with Gasteiger partial charge in [-0.25, -0.2) is 8.42 Å². The van der Waals surface area contributed by atoms with E-state index >= 15 is 0 Å². The molecule has 3 aromatic carbocycles. The number of fused-ring (bicyclic) bond motifs is 1. The smallest absolute Gasteiger partial charge is 0.211 e. The van der Waals surface area contributed by atoms with Gasteiger partial charge in [0.25, 0.3) is 0 Å². The normalized spacial score (nSPS) is 15.5. The predicted octanol–water partition coefficient (Wildman–Crippen LogP) is 7.53. The predicted molar refractivity (Wildman–Crippen MR) is 213 cm³/mol. The molecule has 53 heavy (non-hydrogen) atoms. The summed E-state index contributed by atoms with van der Waals surface area (Å²) in [5.74, 6) is 7.07. The summed E-state index contributed by atoms with van der Waals surface area (Å²) in [7, 11) is -3.36. The molecule has 4 heterocycles. The topological polar surface area (TPSA) is 83.4 Å². The fraction of sp³-hybridized carbons (Fsp3) is 0.333. The molecule has 2 aromatic heterocycles. The minimum Gasteiger partial charge on any atom is -0.309 e. The molecular formula is C42H44Cl2N6O2S. The molecule has 0 aliphatic carbocycles. The summed E-state index contributed by atoms with van der Waals surface area (Å²) in [6.07, 6.45) is 6.99. The summed E-state index contributed by atoms with van der Waals surface area (Å²) in [5.41, 5.74) is 8.87. The van der Waals surface area contributed by atoms with Crippen molar-refractivity contribution in [3.8, 4) is 23.1 Å². The molecule has 0 saturated carbocycles. The van der Waals surface area contributed by atoms with Gasteiger partial charge in [0, 0.05) is 89.9 Å². The van der Waals surface area contributed by atoms with Crippen molar-refractivity contribution in [1.29, 1.82) is 0 Å². The number of piperidine rings is 1. The van der Waals surface area contributed by atoms with Crippen LogP contribution >= 0.6 is 23.2 Å². The quantitative estimate of drug-likeness (QED) is 0.140. The highest BCUT2D eigenvalue weighted by molar-refractivity contribution is 7.88. The van der Waals surface area contributed by atoms with Gasteiger partial charge in [-0.2, -0.15) is 9.40 Å². The van der Waals surface area contributed by atoms with Gasteiger partial charge in [-0.15, -0.1) is 0 Å². The average molecular weight is 768 g/mol. The number of aromatic nitrogens is 3. The van der Waals surface area contributed by atoms with Gasteiger partial charge >= 0.3 is 0 Å².